The number of nitrogens with zero attached hydrogens (tertiary/aromatic N) is 1. The first kappa shape index (κ1) is 17.5. The van der Waals surface area contributed by atoms with Crippen LogP contribution in [0.1, 0.15) is 36.1 Å². The fraction of sp³-hybridized carbons (Fsp3) is 0.714. The SMILES string of the molecule is CCN(Cc1cc(CNC(C)C)sc1C)CC(F)(F)F. The van der Waals surface area contributed by atoms with Gasteiger partial charge in [-0.05, 0) is 25.1 Å². The highest BCUT2D eigenvalue weighted by atomic mass is 32.1. The number of hydrogen-bond donors (Lipinski definition) is 1. The molecule has 0 aromatic carbocycles. The number of nitrogens with one attached hydrogen (secondary N) is 1. The summed E-state index contributed by atoms with van der Waals surface area (Å²) in [6.45, 7) is 8.56. The maximum Gasteiger partial charge on any atom is 0.401 e. The molecule has 1 N–H and O–H groups in total. The van der Waals surface area contributed by atoms with Gasteiger partial charge in [-0.1, -0.05) is 20.8 Å². The van der Waals surface area contributed by atoms with E-state index in [1.807, 2.05) is 13.0 Å². The zero-order valence-electron chi connectivity index (χ0n) is 12.5. The Morgan fingerprint density at radius 3 is 2.50 bits per heavy atom. The van der Waals surface area contributed by atoms with Crippen molar-refractivity contribution in [1.29, 1.82) is 0 Å². The molecule has 1 rings (SSSR count). The molecule has 0 atom stereocenters. The van der Waals surface area contributed by atoms with E-state index in [1.54, 1.807) is 18.3 Å². The number of aryl methyl sites for hydroxylation is 1. The second-order valence-electron chi connectivity index (χ2n) is 5.25. The number of halogens is 3. The molecule has 6 heteroatoms. The molecule has 0 saturated carbocycles. The Balaban J connectivity index is 2.66. The van der Waals surface area contributed by atoms with Crippen LogP contribution in [0.25, 0.3) is 0 Å². The van der Waals surface area contributed by atoms with E-state index < -0.39 is 12.7 Å². The lowest BCUT2D eigenvalue weighted by Gasteiger charge is -2.21. The zero-order valence-corrected chi connectivity index (χ0v) is 13.3. The molecule has 0 bridgehead atoms. The van der Waals surface area contributed by atoms with Crippen molar-refractivity contribution in [3.05, 3.63) is 21.4 Å². The van der Waals surface area contributed by atoms with Gasteiger partial charge in [0.15, 0.2) is 0 Å². The van der Waals surface area contributed by atoms with Gasteiger partial charge >= 0.3 is 6.18 Å². The zero-order chi connectivity index (χ0) is 15.3. The molecule has 0 aliphatic heterocycles. The maximum atomic E-state index is 12.5. The van der Waals surface area contributed by atoms with Gasteiger partial charge in [-0.25, -0.2) is 0 Å². The molecule has 1 heterocycles. The van der Waals surface area contributed by atoms with Gasteiger partial charge in [0.2, 0.25) is 0 Å². The van der Waals surface area contributed by atoms with Crippen molar-refractivity contribution in [2.24, 2.45) is 0 Å². The van der Waals surface area contributed by atoms with E-state index in [1.165, 1.54) is 9.78 Å². The topological polar surface area (TPSA) is 15.3 Å². The van der Waals surface area contributed by atoms with Crippen molar-refractivity contribution in [2.45, 2.75) is 53.0 Å². The maximum absolute atomic E-state index is 12.5. The van der Waals surface area contributed by atoms with Crippen LogP contribution < -0.4 is 5.32 Å². The Hall–Kier alpha value is -0.590. The normalized spacial score (nSPS) is 12.7. The van der Waals surface area contributed by atoms with Crippen LogP contribution in [0.2, 0.25) is 0 Å². The molecule has 1 aromatic rings. The van der Waals surface area contributed by atoms with Crippen molar-refractivity contribution in [3.63, 3.8) is 0 Å². The van der Waals surface area contributed by atoms with Crippen LogP contribution in [0.5, 0.6) is 0 Å². The van der Waals surface area contributed by atoms with Crippen LogP contribution in [0.4, 0.5) is 13.2 Å². The van der Waals surface area contributed by atoms with Crippen LogP contribution in [-0.4, -0.2) is 30.2 Å². The molecule has 0 radical (unpaired) electrons. The Kier molecular flexibility index (Phi) is 6.48. The van der Waals surface area contributed by atoms with Gasteiger partial charge in [0.05, 0.1) is 6.54 Å². The van der Waals surface area contributed by atoms with Gasteiger partial charge in [0, 0.05) is 28.9 Å². The standard InChI is InChI=1S/C14H23F3N2S/c1-5-19(9-14(15,16)17)8-12-6-13(20-11(12)4)7-18-10(2)3/h6,10,18H,5,7-9H2,1-4H3. The van der Waals surface area contributed by atoms with E-state index in [9.17, 15) is 13.2 Å². The Bertz CT molecular complexity index is 413. The van der Waals surface area contributed by atoms with E-state index in [2.05, 4.69) is 19.2 Å². The first-order chi connectivity index (χ1) is 9.21. The van der Waals surface area contributed by atoms with Crippen molar-refractivity contribution < 1.29 is 13.2 Å². The third-order valence-corrected chi connectivity index (χ3v) is 4.09. The second-order valence-corrected chi connectivity index (χ2v) is 6.59. The monoisotopic (exact) mass is 308 g/mol. The van der Waals surface area contributed by atoms with Gasteiger partial charge in [0.25, 0.3) is 0 Å². The molecule has 2 nitrogen and oxygen atoms in total. The quantitative estimate of drug-likeness (QED) is 0.821. The van der Waals surface area contributed by atoms with Gasteiger partial charge in [-0.3, -0.25) is 4.90 Å². The highest BCUT2D eigenvalue weighted by Crippen LogP contribution is 2.24. The lowest BCUT2D eigenvalue weighted by atomic mass is 10.2. The highest BCUT2D eigenvalue weighted by molar-refractivity contribution is 7.12. The minimum absolute atomic E-state index is 0.361. The van der Waals surface area contributed by atoms with Gasteiger partial charge < -0.3 is 5.32 Å². The van der Waals surface area contributed by atoms with Crippen LogP contribution in [0.3, 0.4) is 0 Å². The molecule has 0 saturated heterocycles. The van der Waals surface area contributed by atoms with E-state index >= 15 is 0 Å². The summed E-state index contributed by atoms with van der Waals surface area (Å²) in [6.07, 6.45) is -4.14. The van der Waals surface area contributed by atoms with E-state index in [-0.39, 0.29) is 0 Å². The molecule has 116 valence electrons. The van der Waals surface area contributed by atoms with Gasteiger partial charge in [-0.2, -0.15) is 13.2 Å². The second kappa shape index (κ2) is 7.43. The summed E-state index contributed by atoms with van der Waals surface area (Å²) in [4.78, 5) is 3.70. The summed E-state index contributed by atoms with van der Waals surface area (Å²) in [7, 11) is 0. The molecule has 0 aliphatic rings. The molecular weight excluding hydrogens is 285 g/mol. The minimum Gasteiger partial charge on any atom is -0.310 e. The molecule has 0 amide bonds. The average Bonchev–Trinajstić information content (AvgIpc) is 2.65. The van der Waals surface area contributed by atoms with Crippen molar-refractivity contribution in [2.75, 3.05) is 13.1 Å². The molecule has 20 heavy (non-hydrogen) atoms. The fourth-order valence-corrected chi connectivity index (χ4v) is 2.91. The smallest absolute Gasteiger partial charge is 0.310 e. The van der Waals surface area contributed by atoms with E-state index in [0.717, 1.165) is 17.0 Å². The molecule has 0 unspecified atom stereocenters. The minimum atomic E-state index is -4.14. The Morgan fingerprint density at radius 2 is 2.00 bits per heavy atom. The number of hydrogen-bond acceptors (Lipinski definition) is 3. The summed E-state index contributed by atoms with van der Waals surface area (Å²) in [6, 6.07) is 2.42. The molecule has 0 fully saturated rings. The summed E-state index contributed by atoms with van der Waals surface area (Å²) in [5.74, 6) is 0. The fourth-order valence-electron chi connectivity index (χ4n) is 1.91. The van der Waals surface area contributed by atoms with Gasteiger partial charge in [-0.15, -0.1) is 11.3 Å². The predicted molar refractivity (Wildman–Crippen MR) is 78.0 cm³/mol. The third kappa shape index (κ3) is 6.24. The van der Waals surface area contributed by atoms with Crippen LogP contribution in [0.15, 0.2) is 6.07 Å². The Morgan fingerprint density at radius 1 is 1.35 bits per heavy atom. The van der Waals surface area contributed by atoms with Crippen LogP contribution in [0, 0.1) is 6.92 Å². The average molecular weight is 308 g/mol. The predicted octanol–water partition coefficient (Wildman–Crippen LogP) is 3.94. The van der Waals surface area contributed by atoms with Crippen LogP contribution in [-0.2, 0) is 13.1 Å². The van der Waals surface area contributed by atoms with Crippen LogP contribution >= 0.6 is 11.3 Å². The molecule has 1 aromatic heterocycles. The number of alkyl halides is 3. The number of rotatable bonds is 7. The summed E-state index contributed by atoms with van der Waals surface area (Å²) < 4.78 is 37.4. The molecular formula is C14H23F3N2S. The van der Waals surface area contributed by atoms with Gasteiger partial charge in [0.1, 0.15) is 0 Å². The first-order valence-electron chi connectivity index (χ1n) is 6.82. The van der Waals surface area contributed by atoms with Crippen molar-refractivity contribution in [1.82, 2.24) is 10.2 Å². The summed E-state index contributed by atoms with van der Waals surface area (Å²) >= 11 is 1.66. The lowest BCUT2D eigenvalue weighted by molar-refractivity contribution is -0.146. The van der Waals surface area contributed by atoms with Crippen molar-refractivity contribution in [3.8, 4) is 0 Å². The Labute approximate surface area is 123 Å². The highest BCUT2D eigenvalue weighted by Gasteiger charge is 2.30. The van der Waals surface area contributed by atoms with E-state index in [4.69, 9.17) is 0 Å². The summed E-state index contributed by atoms with van der Waals surface area (Å²) in [5.41, 5.74) is 1.00. The number of thiophene rings is 1. The van der Waals surface area contributed by atoms with E-state index in [0.29, 0.717) is 19.1 Å². The lowest BCUT2D eigenvalue weighted by Crippen LogP contribution is -2.33. The van der Waals surface area contributed by atoms with Crippen molar-refractivity contribution >= 4 is 11.3 Å². The largest absolute Gasteiger partial charge is 0.401 e. The summed E-state index contributed by atoms with van der Waals surface area (Å²) in [5, 5.41) is 3.32. The first-order valence-corrected chi connectivity index (χ1v) is 7.63. The molecule has 0 spiro atoms. The third-order valence-electron chi connectivity index (χ3n) is 3.00. The molecule has 0 aliphatic carbocycles.